The van der Waals surface area contributed by atoms with Crippen LogP contribution in [0, 0.1) is 5.92 Å². The molecule has 88 valence electrons. The first-order valence-electron chi connectivity index (χ1n) is 5.66. The lowest BCUT2D eigenvalue weighted by Gasteiger charge is -2.27. The third-order valence-corrected chi connectivity index (χ3v) is 2.60. The van der Waals surface area contributed by atoms with Crippen molar-refractivity contribution in [3.63, 3.8) is 0 Å². The van der Waals surface area contributed by atoms with E-state index in [9.17, 15) is 4.79 Å². The van der Waals surface area contributed by atoms with E-state index in [1.54, 1.807) is 0 Å². The molecule has 0 aromatic rings. The second-order valence-corrected chi connectivity index (χ2v) is 4.60. The zero-order valence-electron chi connectivity index (χ0n) is 9.53. The minimum absolute atomic E-state index is 0.207. The van der Waals surface area contributed by atoms with E-state index < -0.39 is 12.0 Å². The molecular weight excluding hydrogens is 194 g/mol. The Morgan fingerprint density at radius 3 is 2.80 bits per heavy atom. The number of rotatable bonds is 5. The summed E-state index contributed by atoms with van der Waals surface area (Å²) in [5.41, 5.74) is 0. The maximum atomic E-state index is 11.0. The number of carboxylic acids is 1. The van der Waals surface area contributed by atoms with E-state index >= 15 is 0 Å². The van der Waals surface area contributed by atoms with Crippen LogP contribution in [0.15, 0.2) is 0 Å². The molecule has 0 radical (unpaired) electrons. The van der Waals surface area contributed by atoms with Crippen molar-refractivity contribution in [2.24, 2.45) is 5.92 Å². The van der Waals surface area contributed by atoms with Gasteiger partial charge < -0.3 is 9.84 Å². The first kappa shape index (κ1) is 12.5. The molecular formula is C11H21NO3. The van der Waals surface area contributed by atoms with E-state index in [0.717, 1.165) is 19.4 Å². The van der Waals surface area contributed by atoms with Gasteiger partial charge in [0.15, 0.2) is 0 Å². The zero-order valence-corrected chi connectivity index (χ0v) is 9.53. The van der Waals surface area contributed by atoms with Crippen LogP contribution in [0.2, 0.25) is 0 Å². The van der Waals surface area contributed by atoms with Gasteiger partial charge in [0.1, 0.15) is 6.04 Å². The summed E-state index contributed by atoms with van der Waals surface area (Å²) < 4.78 is 5.31. The lowest BCUT2D eigenvalue weighted by atomic mass is 10.0. The number of carbonyl (C=O) groups is 1. The summed E-state index contributed by atoms with van der Waals surface area (Å²) in [6.45, 7) is 5.52. The summed E-state index contributed by atoms with van der Waals surface area (Å²) >= 11 is 0. The molecule has 2 unspecified atom stereocenters. The van der Waals surface area contributed by atoms with Crippen molar-refractivity contribution in [1.29, 1.82) is 0 Å². The fourth-order valence-electron chi connectivity index (χ4n) is 1.87. The molecule has 1 aliphatic heterocycles. The van der Waals surface area contributed by atoms with Crippen LogP contribution in [0.5, 0.6) is 0 Å². The molecule has 2 N–H and O–H groups in total. The van der Waals surface area contributed by atoms with Gasteiger partial charge in [0.05, 0.1) is 6.61 Å². The van der Waals surface area contributed by atoms with Crippen molar-refractivity contribution in [3.05, 3.63) is 0 Å². The minimum Gasteiger partial charge on any atom is -0.480 e. The Balaban J connectivity index is 2.38. The van der Waals surface area contributed by atoms with Crippen molar-refractivity contribution < 1.29 is 14.6 Å². The van der Waals surface area contributed by atoms with Gasteiger partial charge in [-0.2, -0.15) is 0 Å². The Bertz CT molecular complexity index is 200. The topological polar surface area (TPSA) is 58.6 Å². The first-order valence-corrected chi connectivity index (χ1v) is 5.66. The monoisotopic (exact) mass is 215 g/mol. The Morgan fingerprint density at radius 2 is 2.33 bits per heavy atom. The van der Waals surface area contributed by atoms with Crippen LogP contribution in [0.25, 0.3) is 0 Å². The smallest absolute Gasteiger partial charge is 0.320 e. The van der Waals surface area contributed by atoms with Crippen LogP contribution in [0.3, 0.4) is 0 Å². The Kier molecular flexibility index (Phi) is 5.05. The number of nitrogens with one attached hydrogen (secondary N) is 1. The summed E-state index contributed by atoms with van der Waals surface area (Å²) in [4.78, 5) is 11.0. The predicted octanol–water partition coefficient (Wildman–Crippen LogP) is 1.25. The van der Waals surface area contributed by atoms with Crippen LogP contribution in [-0.4, -0.2) is 36.4 Å². The van der Waals surface area contributed by atoms with Gasteiger partial charge in [-0.05, 0) is 25.2 Å². The number of aliphatic carboxylic acids is 1. The molecule has 0 spiro atoms. The molecule has 2 atom stereocenters. The van der Waals surface area contributed by atoms with Crippen LogP contribution >= 0.6 is 0 Å². The van der Waals surface area contributed by atoms with Gasteiger partial charge in [0, 0.05) is 12.6 Å². The second-order valence-electron chi connectivity index (χ2n) is 4.60. The van der Waals surface area contributed by atoms with E-state index in [2.05, 4.69) is 5.32 Å². The molecule has 0 saturated carbocycles. The van der Waals surface area contributed by atoms with E-state index in [1.165, 1.54) is 0 Å². The molecule has 0 bridgehead atoms. The van der Waals surface area contributed by atoms with Crippen LogP contribution in [-0.2, 0) is 9.53 Å². The normalized spacial score (nSPS) is 24.1. The third-order valence-electron chi connectivity index (χ3n) is 2.60. The lowest BCUT2D eigenvalue weighted by Crippen LogP contribution is -2.47. The minimum atomic E-state index is -0.755. The fraction of sp³-hybridized carbons (Fsp3) is 0.909. The Hall–Kier alpha value is -0.610. The largest absolute Gasteiger partial charge is 0.480 e. The predicted molar refractivity (Wildman–Crippen MR) is 57.9 cm³/mol. The number of ether oxygens (including phenoxy) is 1. The highest BCUT2D eigenvalue weighted by Gasteiger charge is 2.23. The van der Waals surface area contributed by atoms with Gasteiger partial charge >= 0.3 is 5.97 Å². The summed E-state index contributed by atoms with van der Waals surface area (Å²) in [6, 6.07) is -0.227. The molecule has 0 aromatic heterocycles. The first-order chi connectivity index (χ1) is 7.09. The Labute approximate surface area is 91.0 Å². The van der Waals surface area contributed by atoms with Crippen LogP contribution < -0.4 is 5.32 Å². The van der Waals surface area contributed by atoms with Crippen LogP contribution in [0.1, 0.15) is 33.1 Å². The molecule has 1 heterocycles. The van der Waals surface area contributed by atoms with Gasteiger partial charge in [0.2, 0.25) is 0 Å². The molecule has 1 saturated heterocycles. The second kappa shape index (κ2) is 6.08. The molecule has 1 rings (SSSR count). The van der Waals surface area contributed by atoms with E-state index in [4.69, 9.17) is 9.84 Å². The molecule has 4 heteroatoms. The quantitative estimate of drug-likeness (QED) is 0.724. The number of hydrogen-bond acceptors (Lipinski definition) is 3. The summed E-state index contributed by atoms with van der Waals surface area (Å²) in [6.07, 6.45) is 2.71. The molecule has 0 aliphatic carbocycles. The molecule has 4 nitrogen and oxygen atoms in total. The van der Waals surface area contributed by atoms with Crippen molar-refractivity contribution >= 4 is 5.97 Å². The molecule has 1 fully saturated rings. The van der Waals surface area contributed by atoms with Gasteiger partial charge in [-0.1, -0.05) is 13.8 Å². The highest BCUT2D eigenvalue weighted by Crippen LogP contribution is 2.10. The van der Waals surface area contributed by atoms with Gasteiger partial charge in [0.25, 0.3) is 0 Å². The maximum Gasteiger partial charge on any atom is 0.320 e. The Morgan fingerprint density at radius 1 is 1.60 bits per heavy atom. The number of carboxylic acid groups (broad SMARTS) is 1. The summed E-state index contributed by atoms with van der Waals surface area (Å²) in [7, 11) is 0. The SMILES string of the molecule is CC(C)CC(NC1CCCOC1)C(=O)O. The van der Waals surface area contributed by atoms with Crippen molar-refractivity contribution in [1.82, 2.24) is 5.32 Å². The standard InChI is InChI=1S/C11H21NO3/c1-8(2)6-10(11(13)14)12-9-4-3-5-15-7-9/h8-10,12H,3-7H2,1-2H3,(H,13,14). The van der Waals surface area contributed by atoms with Crippen molar-refractivity contribution in [3.8, 4) is 0 Å². The van der Waals surface area contributed by atoms with E-state index in [1.807, 2.05) is 13.8 Å². The summed E-state index contributed by atoms with van der Waals surface area (Å²) in [5.74, 6) is -0.364. The average molecular weight is 215 g/mol. The van der Waals surface area contributed by atoms with Gasteiger partial charge in [-0.25, -0.2) is 0 Å². The molecule has 15 heavy (non-hydrogen) atoms. The third kappa shape index (κ3) is 4.62. The molecule has 1 aliphatic rings. The highest BCUT2D eigenvalue weighted by molar-refractivity contribution is 5.73. The zero-order chi connectivity index (χ0) is 11.3. The van der Waals surface area contributed by atoms with Crippen molar-refractivity contribution in [2.45, 2.75) is 45.2 Å². The van der Waals surface area contributed by atoms with Crippen molar-refractivity contribution in [2.75, 3.05) is 13.2 Å². The lowest BCUT2D eigenvalue weighted by molar-refractivity contribution is -0.140. The molecule has 0 aromatic carbocycles. The molecule has 0 amide bonds. The fourth-order valence-corrected chi connectivity index (χ4v) is 1.87. The van der Waals surface area contributed by atoms with Gasteiger partial charge in [-0.15, -0.1) is 0 Å². The van der Waals surface area contributed by atoms with E-state index in [-0.39, 0.29) is 6.04 Å². The number of hydrogen-bond donors (Lipinski definition) is 2. The highest BCUT2D eigenvalue weighted by atomic mass is 16.5. The van der Waals surface area contributed by atoms with Gasteiger partial charge in [-0.3, -0.25) is 10.1 Å². The maximum absolute atomic E-state index is 11.0. The van der Waals surface area contributed by atoms with E-state index in [0.29, 0.717) is 18.9 Å². The van der Waals surface area contributed by atoms with Crippen LogP contribution in [0.4, 0.5) is 0 Å². The summed E-state index contributed by atoms with van der Waals surface area (Å²) in [5, 5.41) is 12.2. The average Bonchev–Trinajstić information content (AvgIpc) is 2.17.